The number of nitrogens with zero attached hydrogens (tertiary/aromatic N) is 1. The molecule has 0 radical (unpaired) electrons. The van der Waals surface area contributed by atoms with Gasteiger partial charge in [0.1, 0.15) is 0 Å². The molecule has 1 aromatic rings. The van der Waals surface area contributed by atoms with Crippen LogP contribution in [0.25, 0.3) is 0 Å². The smallest absolute Gasteiger partial charge is 0.191 e. The number of benzene rings is 1. The first-order valence-corrected chi connectivity index (χ1v) is 9.64. The average molecular weight is 493 g/mol. The summed E-state index contributed by atoms with van der Waals surface area (Å²) >= 11 is 0. The first-order chi connectivity index (χ1) is 12.7. The van der Waals surface area contributed by atoms with Crippen molar-refractivity contribution in [3.8, 4) is 11.5 Å². The summed E-state index contributed by atoms with van der Waals surface area (Å²) in [4.78, 5) is 4.65. The Morgan fingerprint density at radius 3 is 2.52 bits per heavy atom. The van der Waals surface area contributed by atoms with Gasteiger partial charge in [0.25, 0.3) is 0 Å². The van der Waals surface area contributed by atoms with Crippen molar-refractivity contribution in [3.05, 3.63) is 23.8 Å². The molecular formula is C20H36IN3O3. The zero-order chi connectivity index (χ0) is 19.0. The Bertz CT molecular complexity index is 527. The number of halogens is 1. The Hall–Kier alpha value is -1.22. The van der Waals surface area contributed by atoms with Crippen molar-refractivity contribution in [2.24, 2.45) is 4.99 Å². The molecule has 7 heteroatoms. The molecule has 156 valence electrons. The fourth-order valence-electron chi connectivity index (χ4n) is 2.33. The van der Waals surface area contributed by atoms with E-state index in [1.54, 1.807) is 7.11 Å². The van der Waals surface area contributed by atoms with Gasteiger partial charge in [0.15, 0.2) is 17.5 Å². The second kappa shape index (κ2) is 16.9. The van der Waals surface area contributed by atoms with Gasteiger partial charge in [0.2, 0.25) is 0 Å². The first-order valence-electron chi connectivity index (χ1n) is 9.64. The van der Waals surface area contributed by atoms with Gasteiger partial charge in [-0.25, -0.2) is 4.99 Å². The summed E-state index contributed by atoms with van der Waals surface area (Å²) in [5.41, 5.74) is 1.08. The zero-order valence-electron chi connectivity index (χ0n) is 17.2. The second-order valence-corrected chi connectivity index (χ2v) is 5.86. The Morgan fingerprint density at radius 1 is 1.04 bits per heavy atom. The number of unbranched alkanes of at least 4 members (excludes halogenated alkanes) is 1. The number of methoxy groups -OCH3 is 1. The molecule has 0 aliphatic heterocycles. The predicted octanol–water partition coefficient (Wildman–Crippen LogP) is 3.97. The van der Waals surface area contributed by atoms with E-state index in [4.69, 9.17) is 14.2 Å². The highest BCUT2D eigenvalue weighted by molar-refractivity contribution is 14.0. The number of rotatable bonds is 13. The van der Waals surface area contributed by atoms with Crippen LogP contribution in [0.3, 0.4) is 0 Å². The highest BCUT2D eigenvalue weighted by Gasteiger charge is 2.06. The summed E-state index contributed by atoms with van der Waals surface area (Å²) < 4.78 is 16.5. The van der Waals surface area contributed by atoms with Crippen molar-refractivity contribution < 1.29 is 14.2 Å². The zero-order valence-corrected chi connectivity index (χ0v) is 19.5. The normalized spacial score (nSPS) is 10.9. The van der Waals surface area contributed by atoms with Crippen LogP contribution in [0.1, 0.15) is 45.6 Å². The minimum Gasteiger partial charge on any atom is -0.493 e. The van der Waals surface area contributed by atoms with Gasteiger partial charge in [-0.1, -0.05) is 13.0 Å². The fraction of sp³-hybridized carbons (Fsp3) is 0.650. The van der Waals surface area contributed by atoms with E-state index in [1.165, 1.54) is 0 Å². The van der Waals surface area contributed by atoms with Crippen molar-refractivity contribution in [1.29, 1.82) is 0 Å². The molecule has 0 heterocycles. The molecule has 0 spiro atoms. The van der Waals surface area contributed by atoms with E-state index in [0.717, 1.165) is 68.6 Å². The van der Waals surface area contributed by atoms with Crippen LogP contribution < -0.4 is 20.1 Å². The number of hydrogen-bond donors (Lipinski definition) is 2. The third-order valence-electron chi connectivity index (χ3n) is 3.67. The minimum absolute atomic E-state index is 0. The molecule has 1 aromatic carbocycles. The lowest BCUT2D eigenvalue weighted by Gasteiger charge is -2.13. The molecule has 0 bridgehead atoms. The van der Waals surface area contributed by atoms with Gasteiger partial charge >= 0.3 is 0 Å². The number of ether oxygens (including phenoxy) is 3. The van der Waals surface area contributed by atoms with Gasteiger partial charge in [-0.3, -0.25) is 0 Å². The maximum Gasteiger partial charge on any atom is 0.191 e. The summed E-state index contributed by atoms with van der Waals surface area (Å²) in [5.74, 6) is 2.36. The largest absolute Gasteiger partial charge is 0.493 e. The molecule has 0 aliphatic rings. The Balaban J connectivity index is 0.00000676. The van der Waals surface area contributed by atoms with E-state index in [2.05, 4.69) is 29.5 Å². The second-order valence-electron chi connectivity index (χ2n) is 5.86. The van der Waals surface area contributed by atoms with E-state index in [9.17, 15) is 0 Å². The first kappa shape index (κ1) is 25.8. The lowest BCUT2D eigenvalue weighted by atomic mass is 10.2. The third-order valence-corrected chi connectivity index (χ3v) is 3.67. The van der Waals surface area contributed by atoms with Crippen molar-refractivity contribution >= 4 is 29.9 Å². The number of hydrogen-bond acceptors (Lipinski definition) is 4. The molecule has 0 amide bonds. The van der Waals surface area contributed by atoms with Crippen molar-refractivity contribution in [2.75, 3.05) is 40.0 Å². The van der Waals surface area contributed by atoms with E-state index in [-0.39, 0.29) is 24.0 Å². The van der Waals surface area contributed by atoms with Crippen LogP contribution in [-0.4, -0.2) is 46.0 Å². The molecule has 27 heavy (non-hydrogen) atoms. The highest BCUT2D eigenvalue weighted by atomic mass is 127. The molecule has 0 atom stereocenters. The average Bonchev–Trinajstić information content (AvgIpc) is 2.67. The molecule has 0 fully saturated rings. The minimum atomic E-state index is 0. The Labute approximate surface area is 181 Å². The van der Waals surface area contributed by atoms with Crippen LogP contribution in [0.4, 0.5) is 0 Å². The molecule has 2 N–H and O–H groups in total. The third kappa shape index (κ3) is 11.3. The van der Waals surface area contributed by atoms with Gasteiger partial charge in [-0.15, -0.1) is 24.0 Å². The molecule has 0 aromatic heterocycles. The molecular weight excluding hydrogens is 457 g/mol. The van der Waals surface area contributed by atoms with E-state index >= 15 is 0 Å². The van der Waals surface area contributed by atoms with Crippen LogP contribution in [0.15, 0.2) is 23.2 Å². The van der Waals surface area contributed by atoms with Gasteiger partial charge < -0.3 is 24.8 Å². The maximum absolute atomic E-state index is 5.69. The van der Waals surface area contributed by atoms with Crippen molar-refractivity contribution in [3.63, 3.8) is 0 Å². The van der Waals surface area contributed by atoms with Crippen molar-refractivity contribution in [1.82, 2.24) is 10.6 Å². The molecule has 0 aliphatic carbocycles. The lowest BCUT2D eigenvalue weighted by Crippen LogP contribution is -2.37. The van der Waals surface area contributed by atoms with Crippen LogP contribution in [-0.2, 0) is 11.3 Å². The monoisotopic (exact) mass is 493 g/mol. The SMILES string of the molecule is CCCOc1ccc(CN=C(NCC)NCCCCOCC)cc1OC.I. The highest BCUT2D eigenvalue weighted by Crippen LogP contribution is 2.28. The van der Waals surface area contributed by atoms with E-state index in [0.29, 0.717) is 13.2 Å². The van der Waals surface area contributed by atoms with Crippen molar-refractivity contribution in [2.45, 2.75) is 46.6 Å². The van der Waals surface area contributed by atoms with Crippen LogP contribution in [0.5, 0.6) is 11.5 Å². The van der Waals surface area contributed by atoms with Crippen LogP contribution in [0, 0.1) is 0 Å². The number of guanidine groups is 1. The Morgan fingerprint density at radius 2 is 1.85 bits per heavy atom. The quantitative estimate of drug-likeness (QED) is 0.189. The topological polar surface area (TPSA) is 64.1 Å². The molecule has 0 unspecified atom stereocenters. The standard InChI is InChI=1S/C20H35N3O3.HI/c1-5-13-26-18-11-10-17(15-19(18)24-4)16-23-20(21-6-2)22-12-8-9-14-25-7-3;/h10-11,15H,5-9,12-14,16H2,1-4H3,(H2,21,22,23);1H. The summed E-state index contributed by atoms with van der Waals surface area (Å²) in [6.45, 7) is 10.7. The molecule has 6 nitrogen and oxygen atoms in total. The summed E-state index contributed by atoms with van der Waals surface area (Å²) in [7, 11) is 1.66. The van der Waals surface area contributed by atoms with E-state index in [1.807, 2.05) is 25.1 Å². The predicted molar refractivity (Wildman–Crippen MR) is 123 cm³/mol. The van der Waals surface area contributed by atoms with Gasteiger partial charge in [-0.05, 0) is 50.8 Å². The summed E-state index contributed by atoms with van der Waals surface area (Å²) in [6.07, 6.45) is 3.08. The van der Waals surface area contributed by atoms with Crippen LogP contribution in [0.2, 0.25) is 0 Å². The Kier molecular flexibility index (Phi) is 16.2. The molecule has 0 saturated heterocycles. The molecule has 0 saturated carbocycles. The van der Waals surface area contributed by atoms with Gasteiger partial charge in [0, 0.05) is 26.3 Å². The van der Waals surface area contributed by atoms with Crippen LogP contribution >= 0.6 is 24.0 Å². The summed E-state index contributed by atoms with van der Waals surface area (Å²) in [5, 5.41) is 6.64. The number of aliphatic imine (C=N–C) groups is 1. The maximum atomic E-state index is 5.69. The van der Waals surface area contributed by atoms with Gasteiger partial charge in [-0.2, -0.15) is 0 Å². The lowest BCUT2D eigenvalue weighted by molar-refractivity contribution is 0.143. The van der Waals surface area contributed by atoms with Gasteiger partial charge in [0.05, 0.1) is 20.3 Å². The molecule has 1 rings (SSSR count). The fourth-order valence-corrected chi connectivity index (χ4v) is 2.33. The number of nitrogens with one attached hydrogen (secondary N) is 2. The summed E-state index contributed by atoms with van der Waals surface area (Å²) in [6, 6.07) is 5.97. The van der Waals surface area contributed by atoms with E-state index < -0.39 is 0 Å².